The van der Waals surface area contributed by atoms with Crippen molar-refractivity contribution < 1.29 is 14.7 Å². The van der Waals surface area contributed by atoms with Crippen molar-refractivity contribution in [3.05, 3.63) is 0 Å². The van der Waals surface area contributed by atoms with Gasteiger partial charge in [-0.1, -0.05) is 24.4 Å². The largest absolute Gasteiger partial charge is 0.399 e. The van der Waals surface area contributed by atoms with Gasteiger partial charge in [-0.3, -0.25) is 9.69 Å². The summed E-state index contributed by atoms with van der Waals surface area (Å²) < 4.78 is 0. The fourth-order valence-corrected chi connectivity index (χ4v) is 3.15. The third-order valence-electron chi connectivity index (χ3n) is 4.09. The third kappa shape index (κ3) is 3.45. The highest BCUT2D eigenvalue weighted by atomic mass is 16.6. The topological polar surface area (TPSA) is 88.2 Å². The van der Waals surface area contributed by atoms with E-state index >= 15 is 0 Å². The molecule has 0 bridgehead atoms. The number of hydrogen-bond donors (Lipinski definition) is 2. The van der Waals surface area contributed by atoms with Gasteiger partial charge in [-0.05, 0) is 12.8 Å². The molecule has 19 heavy (non-hydrogen) atoms. The maximum Gasteiger partial charge on any atom is 0.235 e. The van der Waals surface area contributed by atoms with Crippen LogP contribution < -0.4 is 5.73 Å². The Bertz CT molecular complexity index is 364. The average molecular weight is 269 g/mol. The quantitative estimate of drug-likeness (QED) is 0.716. The Kier molecular flexibility index (Phi) is 4.42. The molecule has 0 aromatic carbocycles. The normalized spacial score (nSPS) is 29.6. The molecule has 2 rings (SSSR count). The van der Waals surface area contributed by atoms with Crippen molar-refractivity contribution >= 4 is 11.6 Å². The first-order valence-corrected chi connectivity index (χ1v) is 6.89. The molecule has 0 radical (unpaired) electrons. The van der Waals surface area contributed by atoms with Crippen molar-refractivity contribution in [2.45, 2.75) is 50.2 Å². The standard InChI is InChI=1S/C13H23N3O3/c1-19-15-10-7-11(12(14)17)16(8-10)9-13(18)5-3-2-4-6-13/h11,18H,2-9H2,1H3,(H2,14,17). The summed E-state index contributed by atoms with van der Waals surface area (Å²) in [5.41, 5.74) is 5.56. The van der Waals surface area contributed by atoms with Crippen LogP contribution in [0.3, 0.4) is 0 Å². The van der Waals surface area contributed by atoms with Crippen molar-refractivity contribution in [2.75, 3.05) is 20.2 Å². The van der Waals surface area contributed by atoms with Gasteiger partial charge in [-0.2, -0.15) is 0 Å². The molecule has 0 aromatic heterocycles. The summed E-state index contributed by atoms with van der Waals surface area (Å²) >= 11 is 0. The Morgan fingerprint density at radius 1 is 1.53 bits per heavy atom. The molecule has 3 N–H and O–H groups in total. The van der Waals surface area contributed by atoms with E-state index in [1.165, 1.54) is 13.5 Å². The Labute approximate surface area is 113 Å². The maximum atomic E-state index is 11.5. The Hall–Kier alpha value is -1.14. The Morgan fingerprint density at radius 2 is 2.21 bits per heavy atom. The zero-order chi connectivity index (χ0) is 13.9. The minimum Gasteiger partial charge on any atom is -0.399 e. The van der Waals surface area contributed by atoms with Gasteiger partial charge in [0, 0.05) is 19.5 Å². The predicted molar refractivity (Wildman–Crippen MR) is 71.7 cm³/mol. The second kappa shape index (κ2) is 5.88. The number of primary amides is 1. The van der Waals surface area contributed by atoms with E-state index in [1.807, 2.05) is 4.90 Å². The summed E-state index contributed by atoms with van der Waals surface area (Å²) in [5.74, 6) is -0.360. The van der Waals surface area contributed by atoms with Crippen LogP contribution in [-0.2, 0) is 9.63 Å². The highest BCUT2D eigenvalue weighted by Gasteiger charge is 2.39. The van der Waals surface area contributed by atoms with Crippen LogP contribution >= 0.6 is 0 Å². The Balaban J connectivity index is 2.04. The summed E-state index contributed by atoms with van der Waals surface area (Å²) in [6.07, 6.45) is 5.36. The number of oxime groups is 1. The molecule has 6 heteroatoms. The van der Waals surface area contributed by atoms with Crippen LogP contribution in [0.25, 0.3) is 0 Å². The van der Waals surface area contributed by atoms with Crippen molar-refractivity contribution in [1.29, 1.82) is 0 Å². The molecule has 1 heterocycles. The lowest BCUT2D eigenvalue weighted by Gasteiger charge is -2.36. The van der Waals surface area contributed by atoms with Crippen molar-refractivity contribution in [1.82, 2.24) is 4.90 Å². The number of aliphatic hydroxyl groups is 1. The van der Waals surface area contributed by atoms with Crippen molar-refractivity contribution in [2.24, 2.45) is 10.9 Å². The molecular formula is C13H23N3O3. The third-order valence-corrected chi connectivity index (χ3v) is 4.09. The minimum atomic E-state index is -0.686. The summed E-state index contributed by atoms with van der Waals surface area (Å²) in [5, 5.41) is 14.5. The molecule has 2 fully saturated rings. The smallest absolute Gasteiger partial charge is 0.235 e. The zero-order valence-corrected chi connectivity index (χ0v) is 11.5. The lowest BCUT2D eigenvalue weighted by Crippen LogP contribution is -2.49. The molecule has 1 saturated heterocycles. The lowest BCUT2D eigenvalue weighted by molar-refractivity contribution is -0.123. The van der Waals surface area contributed by atoms with Gasteiger partial charge in [0.05, 0.1) is 17.4 Å². The molecule has 1 saturated carbocycles. The number of carbonyl (C=O) groups is 1. The highest BCUT2D eigenvalue weighted by molar-refractivity contribution is 5.95. The fraction of sp³-hybridized carbons (Fsp3) is 0.846. The van der Waals surface area contributed by atoms with E-state index in [2.05, 4.69) is 5.16 Å². The van der Waals surface area contributed by atoms with Crippen LogP contribution in [0, 0.1) is 0 Å². The average Bonchev–Trinajstić information content (AvgIpc) is 2.73. The van der Waals surface area contributed by atoms with Gasteiger partial charge in [0.1, 0.15) is 7.11 Å². The molecule has 1 amide bonds. The number of β-amino-alcohol motifs (C(OH)–C–C–N with tert-alkyl or cyclic N) is 1. The summed E-state index contributed by atoms with van der Waals surface area (Å²) in [4.78, 5) is 18.2. The van der Waals surface area contributed by atoms with Crippen LogP contribution in [0.5, 0.6) is 0 Å². The van der Waals surface area contributed by atoms with Gasteiger partial charge in [0.15, 0.2) is 0 Å². The molecule has 0 aromatic rings. The van der Waals surface area contributed by atoms with Gasteiger partial charge in [0.2, 0.25) is 5.91 Å². The number of carbonyl (C=O) groups excluding carboxylic acids is 1. The second-order valence-corrected chi connectivity index (χ2v) is 5.65. The van der Waals surface area contributed by atoms with E-state index in [-0.39, 0.29) is 11.9 Å². The first kappa shape index (κ1) is 14.3. The lowest BCUT2D eigenvalue weighted by atomic mass is 9.84. The van der Waals surface area contributed by atoms with Crippen molar-refractivity contribution in [3.63, 3.8) is 0 Å². The number of rotatable bonds is 4. The van der Waals surface area contributed by atoms with Gasteiger partial charge in [-0.15, -0.1) is 0 Å². The van der Waals surface area contributed by atoms with Crippen LogP contribution in [0.15, 0.2) is 5.16 Å². The molecule has 108 valence electrons. The van der Waals surface area contributed by atoms with Gasteiger partial charge in [-0.25, -0.2) is 0 Å². The highest BCUT2D eigenvalue weighted by Crippen LogP contribution is 2.30. The van der Waals surface area contributed by atoms with Crippen LogP contribution in [0.4, 0.5) is 0 Å². The molecule has 0 spiro atoms. The van der Waals surface area contributed by atoms with Gasteiger partial charge >= 0.3 is 0 Å². The molecule has 2 aliphatic rings. The van der Waals surface area contributed by atoms with Gasteiger partial charge in [0.25, 0.3) is 0 Å². The summed E-state index contributed by atoms with van der Waals surface area (Å²) in [6, 6.07) is -0.375. The zero-order valence-electron chi connectivity index (χ0n) is 11.5. The fourth-order valence-electron chi connectivity index (χ4n) is 3.15. The second-order valence-electron chi connectivity index (χ2n) is 5.65. The molecule has 6 nitrogen and oxygen atoms in total. The van der Waals surface area contributed by atoms with Crippen molar-refractivity contribution in [3.8, 4) is 0 Å². The first-order valence-electron chi connectivity index (χ1n) is 6.89. The van der Waals surface area contributed by atoms with Crippen LogP contribution in [0.1, 0.15) is 38.5 Å². The monoisotopic (exact) mass is 269 g/mol. The van der Waals surface area contributed by atoms with Crippen LogP contribution in [-0.4, -0.2) is 53.5 Å². The van der Waals surface area contributed by atoms with E-state index in [0.29, 0.717) is 19.5 Å². The Morgan fingerprint density at radius 3 is 2.79 bits per heavy atom. The minimum absolute atomic E-state index is 0.360. The maximum absolute atomic E-state index is 11.5. The number of likely N-dealkylation sites (tertiary alicyclic amines) is 1. The first-order chi connectivity index (χ1) is 9.04. The van der Waals surface area contributed by atoms with E-state index in [0.717, 1.165) is 31.4 Å². The number of hydrogen-bond acceptors (Lipinski definition) is 5. The molecule has 1 unspecified atom stereocenters. The molecule has 1 atom stereocenters. The molecular weight excluding hydrogens is 246 g/mol. The molecule has 1 aliphatic carbocycles. The van der Waals surface area contributed by atoms with Crippen LogP contribution in [0.2, 0.25) is 0 Å². The van der Waals surface area contributed by atoms with E-state index in [9.17, 15) is 9.90 Å². The SMILES string of the molecule is CON=C1CC(C(N)=O)N(CC2(O)CCCCC2)C1. The van der Waals surface area contributed by atoms with E-state index in [1.54, 1.807) is 0 Å². The summed E-state index contributed by atoms with van der Waals surface area (Å²) in [6.45, 7) is 1.03. The summed E-state index contributed by atoms with van der Waals surface area (Å²) in [7, 11) is 1.49. The van der Waals surface area contributed by atoms with E-state index < -0.39 is 5.60 Å². The van der Waals surface area contributed by atoms with E-state index in [4.69, 9.17) is 10.6 Å². The van der Waals surface area contributed by atoms with Gasteiger partial charge < -0.3 is 15.7 Å². The number of nitrogens with two attached hydrogens (primary N) is 1. The number of nitrogens with zero attached hydrogens (tertiary/aromatic N) is 2. The molecule has 1 aliphatic heterocycles. The number of amides is 1. The predicted octanol–water partition coefficient (Wildman–Crippen LogP) is 0.244.